The maximum absolute atomic E-state index is 12.4. The van der Waals surface area contributed by atoms with Crippen molar-refractivity contribution < 1.29 is 9.59 Å². The van der Waals surface area contributed by atoms with Crippen molar-refractivity contribution in [1.29, 1.82) is 0 Å². The van der Waals surface area contributed by atoms with Crippen molar-refractivity contribution in [2.45, 2.75) is 26.3 Å². The van der Waals surface area contributed by atoms with Gasteiger partial charge in [-0.05, 0) is 46.6 Å². The molecule has 1 atom stereocenters. The topological polar surface area (TPSA) is 58.2 Å². The van der Waals surface area contributed by atoms with Crippen LogP contribution >= 0.6 is 31.9 Å². The van der Waals surface area contributed by atoms with Crippen molar-refractivity contribution in [2.75, 3.05) is 5.32 Å². The predicted molar refractivity (Wildman–Crippen MR) is 103 cm³/mol. The molecule has 0 radical (unpaired) electrons. The molecule has 2 N–H and O–H groups in total. The second-order valence-electron chi connectivity index (χ2n) is 5.54. The first-order valence-corrected chi connectivity index (χ1v) is 9.02. The lowest BCUT2D eigenvalue weighted by molar-refractivity contribution is -0.120. The molecule has 126 valence electrons. The van der Waals surface area contributed by atoms with E-state index in [2.05, 4.69) is 42.5 Å². The van der Waals surface area contributed by atoms with Crippen LogP contribution in [-0.2, 0) is 9.59 Å². The van der Waals surface area contributed by atoms with Gasteiger partial charge < -0.3 is 10.6 Å². The maximum Gasteiger partial charge on any atom is 0.226 e. The SMILES string of the molecule is CC(=O)NC(CC(=O)Nc1ccc(Br)cc1Br)c1ccc(C)cc1. The molecule has 24 heavy (non-hydrogen) atoms. The number of halogens is 2. The minimum Gasteiger partial charge on any atom is -0.349 e. The van der Waals surface area contributed by atoms with Crippen molar-refractivity contribution in [2.24, 2.45) is 0 Å². The van der Waals surface area contributed by atoms with Crippen LogP contribution in [-0.4, -0.2) is 11.8 Å². The molecule has 6 heteroatoms. The molecular weight excluding hydrogens is 436 g/mol. The van der Waals surface area contributed by atoms with E-state index >= 15 is 0 Å². The van der Waals surface area contributed by atoms with E-state index in [1.54, 1.807) is 0 Å². The lowest BCUT2D eigenvalue weighted by atomic mass is 10.0. The zero-order valence-corrected chi connectivity index (χ0v) is 16.6. The van der Waals surface area contributed by atoms with Crippen molar-refractivity contribution in [1.82, 2.24) is 5.32 Å². The number of aryl methyl sites for hydroxylation is 1. The molecule has 0 heterocycles. The smallest absolute Gasteiger partial charge is 0.226 e. The molecule has 0 saturated heterocycles. The Labute approximate surface area is 158 Å². The Morgan fingerprint density at radius 2 is 1.75 bits per heavy atom. The highest BCUT2D eigenvalue weighted by molar-refractivity contribution is 9.11. The van der Waals surface area contributed by atoms with E-state index in [4.69, 9.17) is 0 Å². The summed E-state index contributed by atoms with van der Waals surface area (Å²) in [4.78, 5) is 23.9. The fraction of sp³-hybridized carbons (Fsp3) is 0.222. The summed E-state index contributed by atoms with van der Waals surface area (Å²) < 4.78 is 1.71. The zero-order chi connectivity index (χ0) is 17.7. The van der Waals surface area contributed by atoms with Crippen LogP contribution < -0.4 is 10.6 Å². The molecule has 0 fully saturated rings. The number of carbonyl (C=O) groups is 2. The van der Waals surface area contributed by atoms with Crippen LogP contribution in [0.5, 0.6) is 0 Å². The molecule has 4 nitrogen and oxygen atoms in total. The van der Waals surface area contributed by atoms with E-state index in [-0.39, 0.29) is 24.3 Å². The second kappa shape index (κ2) is 8.44. The molecule has 2 aromatic rings. The van der Waals surface area contributed by atoms with Gasteiger partial charge in [0.15, 0.2) is 0 Å². The third-order valence-corrected chi connectivity index (χ3v) is 4.60. The highest BCUT2D eigenvalue weighted by Gasteiger charge is 2.17. The Morgan fingerprint density at radius 3 is 2.33 bits per heavy atom. The highest BCUT2D eigenvalue weighted by atomic mass is 79.9. The zero-order valence-electron chi connectivity index (χ0n) is 13.4. The summed E-state index contributed by atoms with van der Waals surface area (Å²) in [6.45, 7) is 3.44. The number of benzene rings is 2. The van der Waals surface area contributed by atoms with Gasteiger partial charge in [-0.1, -0.05) is 45.8 Å². The molecule has 0 aliphatic rings. The first-order chi connectivity index (χ1) is 11.3. The molecule has 0 spiro atoms. The van der Waals surface area contributed by atoms with Crippen LogP contribution in [0.4, 0.5) is 5.69 Å². The standard InChI is InChI=1S/C18H18Br2N2O2/c1-11-3-5-13(6-4-11)17(21-12(2)23)10-18(24)22-16-8-7-14(19)9-15(16)20/h3-9,17H,10H2,1-2H3,(H,21,23)(H,22,24). The van der Waals surface area contributed by atoms with Gasteiger partial charge in [0.25, 0.3) is 0 Å². The van der Waals surface area contributed by atoms with Crippen LogP contribution in [0.2, 0.25) is 0 Å². The van der Waals surface area contributed by atoms with Gasteiger partial charge in [-0.15, -0.1) is 0 Å². The summed E-state index contributed by atoms with van der Waals surface area (Å²) in [6, 6.07) is 13.0. The quantitative estimate of drug-likeness (QED) is 0.687. The molecule has 2 amide bonds. The molecule has 0 aromatic heterocycles. The second-order valence-corrected chi connectivity index (χ2v) is 7.31. The molecule has 1 unspecified atom stereocenters. The van der Waals surface area contributed by atoms with Gasteiger partial charge in [0.05, 0.1) is 18.2 Å². The van der Waals surface area contributed by atoms with E-state index < -0.39 is 0 Å². The third-order valence-electron chi connectivity index (χ3n) is 3.45. The summed E-state index contributed by atoms with van der Waals surface area (Å²) in [6.07, 6.45) is 0.158. The lowest BCUT2D eigenvalue weighted by Gasteiger charge is -2.18. The molecule has 2 rings (SSSR count). The number of amides is 2. The van der Waals surface area contributed by atoms with Crippen molar-refractivity contribution in [3.05, 3.63) is 62.5 Å². The van der Waals surface area contributed by atoms with Crippen molar-refractivity contribution in [3.8, 4) is 0 Å². The predicted octanol–water partition coefficient (Wildman–Crippen LogP) is 4.73. The summed E-state index contributed by atoms with van der Waals surface area (Å²) in [7, 11) is 0. The Balaban J connectivity index is 2.12. The van der Waals surface area contributed by atoms with Gasteiger partial charge in [0.1, 0.15) is 0 Å². The van der Waals surface area contributed by atoms with Crippen molar-refractivity contribution in [3.63, 3.8) is 0 Å². The van der Waals surface area contributed by atoms with E-state index in [0.717, 1.165) is 20.1 Å². The molecule has 0 bridgehead atoms. The van der Waals surface area contributed by atoms with Crippen LogP contribution in [0.15, 0.2) is 51.4 Å². The number of nitrogens with one attached hydrogen (secondary N) is 2. The highest BCUT2D eigenvalue weighted by Crippen LogP contribution is 2.27. The minimum absolute atomic E-state index is 0.158. The summed E-state index contributed by atoms with van der Waals surface area (Å²) in [5.41, 5.74) is 2.72. The van der Waals surface area contributed by atoms with Gasteiger partial charge >= 0.3 is 0 Å². The van der Waals surface area contributed by atoms with Crippen LogP contribution in [0, 0.1) is 6.92 Å². The van der Waals surface area contributed by atoms with Gasteiger partial charge in [-0.3, -0.25) is 9.59 Å². The largest absolute Gasteiger partial charge is 0.349 e. The van der Waals surface area contributed by atoms with Gasteiger partial charge in [-0.25, -0.2) is 0 Å². The first kappa shape index (κ1) is 18.7. The fourth-order valence-electron chi connectivity index (χ4n) is 2.27. The maximum atomic E-state index is 12.4. The van der Waals surface area contributed by atoms with Crippen molar-refractivity contribution >= 4 is 49.4 Å². The summed E-state index contributed by atoms with van der Waals surface area (Å²) in [5, 5.41) is 5.70. The average Bonchev–Trinajstić information content (AvgIpc) is 2.50. The monoisotopic (exact) mass is 452 g/mol. The number of carbonyl (C=O) groups excluding carboxylic acids is 2. The Hall–Kier alpha value is -1.66. The van der Waals surface area contributed by atoms with Gasteiger partial charge in [0.2, 0.25) is 11.8 Å². The van der Waals surface area contributed by atoms with Crippen LogP contribution in [0.1, 0.15) is 30.5 Å². The summed E-state index contributed by atoms with van der Waals surface area (Å²) in [5.74, 6) is -0.337. The number of anilines is 1. The number of hydrogen-bond donors (Lipinski definition) is 2. The van der Waals surface area contributed by atoms with E-state index in [1.807, 2.05) is 49.4 Å². The van der Waals surface area contributed by atoms with E-state index in [1.165, 1.54) is 6.92 Å². The Morgan fingerprint density at radius 1 is 1.08 bits per heavy atom. The molecule has 0 saturated carbocycles. The fourth-order valence-corrected chi connectivity index (χ4v) is 3.42. The minimum atomic E-state index is -0.364. The van der Waals surface area contributed by atoms with E-state index in [9.17, 15) is 9.59 Å². The number of rotatable bonds is 5. The van der Waals surface area contributed by atoms with Gasteiger partial charge in [-0.2, -0.15) is 0 Å². The molecular formula is C18H18Br2N2O2. The lowest BCUT2D eigenvalue weighted by Crippen LogP contribution is -2.29. The molecule has 0 aliphatic carbocycles. The average molecular weight is 454 g/mol. The van der Waals surface area contributed by atoms with Crippen LogP contribution in [0.25, 0.3) is 0 Å². The van der Waals surface area contributed by atoms with Crippen LogP contribution in [0.3, 0.4) is 0 Å². The third kappa shape index (κ3) is 5.46. The van der Waals surface area contributed by atoms with Gasteiger partial charge in [0, 0.05) is 15.9 Å². The first-order valence-electron chi connectivity index (χ1n) is 7.43. The normalized spacial score (nSPS) is 11.7. The molecule has 2 aromatic carbocycles. The Kier molecular flexibility index (Phi) is 6.57. The number of hydrogen-bond acceptors (Lipinski definition) is 2. The van der Waals surface area contributed by atoms with E-state index in [0.29, 0.717) is 5.69 Å². The Bertz CT molecular complexity index is 745. The summed E-state index contributed by atoms with van der Waals surface area (Å²) >= 11 is 6.80. The molecule has 0 aliphatic heterocycles.